The molecule has 1 aromatic rings. The zero-order chi connectivity index (χ0) is 11.8. The second-order valence-electron chi connectivity index (χ2n) is 5.07. The predicted octanol–water partition coefficient (Wildman–Crippen LogP) is 2.04. The van der Waals surface area contributed by atoms with Gasteiger partial charge in [0.05, 0.1) is 5.69 Å². The van der Waals surface area contributed by atoms with Crippen LogP contribution in [-0.2, 0) is 4.79 Å². The van der Waals surface area contributed by atoms with Crippen molar-refractivity contribution in [1.82, 2.24) is 4.98 Å². The maximum Gasteiger partial charge on any atom is 0.229 e. The molecule has 3 rings (SSSR count). The lowest BCUT2D eigenvalue weighted by molar-refractivity contribution is -0.117. The SMILES string of the molecule is Nc1cccnc1NC(=O)C1C2CCCCC21. The van der Waals surface area contributed by atoms with Crippen LogP contribution in [0.4, 0.5) is 11.5 Å². The molecule has 2 aliphatic carbocycles. The molecule has 17 heavy (non-hydrogen) atoms. The quantitative estimate of drug-likeness (QED) is 0.818. The van der Waals surface area contributed by atoms with Crippen molar-refractivity contribution in [2.24, 2.45) is 17.8 Å². The second kappa shape index (κ2) is 4.02. The molecule has 0 saturated heterocycles. The molecule has 1 amide bonds. The summed E-state index contributed by atoms with van der Waals surface area (Å²) in [5.74, 6) is 2.05. The van der Waals surface area contributed by atoms with Crippen LogP contribution in [0.25, 0.3) is 0 Å². The molecule has 0 aliphatic heterocycles. The standard InChI is InChI=1S/C13H17N3O/c14-10-6-3-7-15-12(10)16-13(17)11-8-4-1-2-5-9(8)11/h3,6-9,11H,1-2,4-5,14H2,(H,15,16,17). The van der Waals surface area contributed by atoms with E-state index in [-0.39, 0.29) is 11.8 Å². The third-order valence-corrected chi connectivity index (χ3v) is 4.04. The van der Waals surface area contributed by atoms with E-state index in [4.69, 9.17) is 5.73 Å². The highest BCUT2D eigenvalue weighted by Gasteiger charge is 2.54. The number of hydrogen-bond acceptors (Lipinski definition) is 3. The van der Waals surface area contributed by atoms with Crippen molar-refractivity contribution in [2.45, 2.75) is 25.7 Å². The first-order valence-electron chi connectivity index (χ1n) is 6.29. The minimum absolute atomic E-state index is 0.104. The number of nitrogens with two attached hydrogens (primary N) is 1. The fourth-order valence-corrected chi connectivity index (χ4v) is 3.10. The molecule has 4 nitrogen and oxygen atoms in total. The number of nitrogens with zero attached hydrogens (tertiary/aromatic N) is 1. The Morgan fingerprint density at radius 3 is 2.71 bits per heavy atom. The topological polar surface area (TPSA) is 68.0 Å². The van der Waals surface area contributed by atoms with Gasteiger partial charge in [0.1, 0.15) is 0 Å². The first kappa shape index (κ1) is 10.6. The lowest BCUT2D eigenvalue weighted by atomic mass is 10.0. The number of aromatic nitrogens is 1. The number of hydrogen-bond donors (Lipinski definition) is 2. The smallest absolute Gasteiger partial charge is 0.229 e. The Labute approximate surface area is 101 Å². The van der Waals surface area contributed by atoms with Crippen LogP contribution < -0.4 is 11.1 Å². The summed E-state index contributed by atoms with van der Waals surface area (Å²) in [7, 11) is 0. The highest BCUT2D eigenvalue weighted by molar-refractivity contribution is 5.96. The van der Waals surface area contributed by atoms with Gasteiger partial charge in [0.2, 0.25) is 5.91 Å². The first-order valence-corrected chi connectivity index (χ1v) is 6.29. The minimum Gasteiger partial charge on any atom is -0.396 e. The van der Waals surface area contributed by atoms with Gasteiger partial charge >= 0.3 is 0 Å². The van der Waals surface area contributed by atoms with Crippen molar-refractivity contribution < 1.29 is 4.79 Å². The van der Waals surface area contributed by atoms with Gasteiger partial charge in [0.15, 0.2) is 5.82 Å². The van der Waals surface area contributed by atoms with Gasteiger partial charge in [-0.1, -0.05) is 12.8 Å². The summed E-state index contributed by atoms with van der Waals surface area (Å²) in [4.78, 5) is 16.2. The third-order valence-electron chi connectivity index (χ3n) is 4.04. The van der Waals surface area contributed by atoms with E-state index < -0.39 is 0 Å². The predicted molar refractivity (Wildman–Crippen MR) is 66.2 cm³/mol. The number of carbonyl (C=O) groups is 1. The fraction of sp³-hybridized carbons (Fsp3) is 0.538. The Morgan fingerprint density at radius 2 is 2.06 bits per heavy atom. The summed E-state index contributed by atoms with van der Waals surface area (Å²) < 4.78 is 0. The molecule has 0 spiro atoms. The van der Waals surface area contributed by atoms with Gasteiger partial charge in [-0.05, 0) is 36.8 Å². The fourth-order valence-electron chi connectivity index (χ4n) is 3.10. The van der Waals surface area contributed by atoms with Gasteiger partial charge in [-0.25, -0.2) is 4.98 Å². The van der Waals surface area contributed by atoms with Crippen LogP contribution in [-0.4, -0.2) is 10.9 Å². The number of nitrogen functional groups attached to an aromatic ring is 1. The first-order chi connectivity index (χ1) is 8.27. The normalized spacial score (nSPS) is 30.5. The molecule has 1 heterocycles. The second-order valence-corrected chi connectivity index (χ2v) is 5.07. The van der Waals surface area contributed by atoms with Gasteiger partial charge in [0.25, 0.3) is 0 Å². The molecule has 2 atom stereocenters. The van der Waals surface area contributed by atoms with Crippen LogP contribution in [0.15, 0.2) is 18.3 Å². The van der Waals surface area contributed by atoms with Crippen LogP contribution in [0.3, 0.4) is 0 Å². The molecule has 4 heteroatoms. The lowest BCUT2D eigenvalue weighted by Gasteiger charge is -2.05. The zero-order valence-electron chi connectivity index (χ0n) is 9.73. The van der Waals surface area contributed by atoms with Crippen molar-refractivity contribution >= 4 is 17.4 Å². The Balaban J connectivity index is 1.67. The highest BCUT2D eigenvalue weighted by Crippen LogP contribution is 2.55. The molecule has 3 N–H and O–H groups in total. The summed E-state index contributed by atoms with van der Waals surface area (Å²) >= 11 is 0. The minimum atomic E-state index is 0.104. The average molecular weight is 231 g/mol. The van der Waals surface area contributed by atoms with Crippen LogP contribution in [0, 0.1) is 17.8 Å². The molecule has 2 fully saturated rings. The molecule has 1 aromatic heterocycles. The summed E-state index contributed by atoms with van der Waals surface area (Å²) in [5.41, 5.74) is 6.29. The van der Waals surface area contributed by atoms with Crippen molar-refractivity contribution in [3.63, 3.8) is 0 Å². The Kier molecular flexibility index (Phi) is 2.50. The number of rotatable bonds is 2. The average Bonchev–Trinajstić information content (AvgIpc) is 3.06. The molecule has 0 bridgehead atoms. The summed E-state index contributed by atoms with van der Waals surface area (Å²) in [5, 5.41) is 2.85. The summed E-state index contributed by atoms with van der Waals surface area (Å²) in [6, 6.07) is 3.52. The van der Waals surface area contributed by atoms with Gasteiger partial charge in [-0.2, -0.15) is 0 Å². The third kappa shape index (κ3) is 1.88. The van der Waals surface area contributed by atoms with E-state index in [1.807, 2.05) is 0 Å². The molecular weight excluding hydrogens is 214 g/mol. The van der Waals surface area contributed by atoms with Gasteiger partial charge in [-0.15, -0.1) is 0 Å². The van der Waals surface area contributed by atoms with Crippen molar-refractivity contribution in [3.8, 4) is 0 Å². The number of pyridine rings is 1. The van der Waals surface area contributed by atoms with Gasteiger partial charge in [0, 0.05) is 12.1 Å². The monoisotopic (exact) mass is 231 g/mol. The molecule has 0 aromatic carbocycles. The zero-order valence-corrected chi connectivity index (χ0v) is 9.73. The Hall–Kier alpha value is -1.58. The van der Waals surface area contributed by atoms with Crippen molar-refractivity contribution in [1.29, 1.82) is 0 Å². The highest BCUT2D eigenvalue weighted by atomic mass is 16.2. The molecular formula is C13H17N3O. The van der Waals surface area contributed by atoms with Gasteiger partial charge in [-0.3, -0.25) is 4.79 Å². The number of fused-ring (bicyclic) bond motifs is 1. The maximum absolute atomic E-state index is 12.1. The van der Waals surface area contributed by atoms with Crippen LogP contribution in [0.2, 0.25) is 0 Å². The summed E-state index contributed by atoms with van der Waals surface area (Å²) in [6.07, 6.45) is 6.61. The van der Waals surface area contributed by atoms with Crippen LogP contribution >= 0.6 is 0 Å². The van der Waals surface area contributed by atoms with E-state index in [1.54, 1.807) is 18.3 Å². The van der Waals surface area contributed by atoms with E-state index in [2.05, 4.69) is 10.3 Å². The molecule has 0 radical (unpaired) electrons. The van der Waals surface area contributed by atoms with Crippen molar-refractivity contribution in [3.05, 3.63) is 18.3 Å². The number of carbonyl (C=O) groups excluding carboxylic acids is 1. The maximum atomic E-state index is 12.1. The van der Waals surface area contributed by atoms with Crippen molar-refractivity contribution in [2.75, 3.05) is 11.1 Å². The van der Waals surface area contributed by atoms with Crippen LogP contribution in [0.5, 0.6) is 0 Å². The number of anilines is 2. The number of amides is 1. The van der Waals surface area contributed by atoms with E-state index in [1.165, 1.54) is 25.7 Å². The van der Waals surface area contributed by atoms with Crippen LogP contribution in [0.1, 0.15) is 25.7 Å². The molecule has 2 aliphatic rings. The Bertz CT molecular complexity index is 434. The van der Waals surface area contributed by atoms with E-state index in [9.17, 15) is 4.79 Å². The van der Waals surface area contributed by atoms with Gasteiger partial charge < -0.3 is 11.1 Å². The molecule has 90 valence electrons. The van der Waals surface area contributed by atoms with E-state index in [0.29, 0.717) is 23.3 Å². The number of nitrogens with one attached hydrogen (secondary N) is 1. The van der Waals surface area contributed by atoms with E-state index in [0.717, 1.165) is 0 Å². The van der Waals surface area contributed by atoms with E-state index >= 15 is 0 Å². The molecule has 2 unspecified atom stereocenters. The largest absolute Gasteiger partial charge is 0.396 e. The summed E-state index contributed by atoms with van der Waals surface area (Å²) in [6.45, 7) is 0. The lowest BCUT2D eigenvalue weighted by Crippen LogP contribution is -2.17. The Morgan fingerprint density at radius 1 is 1.35 bits per heavy atom. The molecule has 2 saturated carbocycles.